The molecule has 0 fully saturated rings. The molecular weight excluding hydrogens is 226 g/mol. The normalized spacial score (nSPS) is 10.2. The van der Waals surface area contributed by atoms with E-state index in [-0.39, 0.29) is 6.15 Å². The van der Waals surface area contributed by atoms with E-state index in [0.717, 1.165) is 12.1 Å². The number of benzene rings is 1. The second-order valence-electron chi connectivity index (χ2n) is 2.27. The molecule has 0 saturated heterocycles. The molecule has 0 atom stereocenters. The van der Waals surface area contributed by atoms with Crippen molar-refractivity contribution >= 4 is 16.3 Å². The predicted molar refractivity (Wildman–Crippen MR) is 48.3 cm³/mol. The fourth-order valence-electron chi connectivity index (χ4n) is 0.837. The fourth-order valence-corrected chi connectivity index (χ4v) is 1.45. The van der Waals surface area contributed by atoms with Gasteiger partial charge in [-0.15, -0.1) is 0 Å². The zero-order valence-electron chi connectivity index (χ0n) is 7.71. The third kappa shape index (κ3) is 3.54. The van der Waals surface area contributed by atoms with Crippen molar-refractivity contribution in [2.24, 2.45) is 0 Å². The number of ether oxygens (including phenoxy) is 1. The summed E-state index contributed by atoms with van der Waals surface area (Å²) in [6.45, 7) is 0. The Morgan fingerprint density at radius 1 is 1.33 bits per heavy atom. The van der Waals surface area contributed by atoms with E-state index in [1.165, 1.54) is 12.1 Å². The van der Waals surface area contributed by atoms with Crippen LogP contribution in [-0.4, -0.2) is 19.1 Å². The molecule has 0 heterocycles. The Kier molecular flexibility index (Phi) is 4.21. The molecule has 0 radical (unpaired) electrons. The summed E-state index contributed by atoms with van der Waals surface area (Å²) in [7, 11) is -4.50. The van der Waals surface area contributed by atoms with E-state index in [9.17, 15) is 18.3 Å². The van der Waals surface area contributed by atoms with Gasteiger partial charge in [0.05, 0.1) is 5.75 Å². The van der Waals surface area contributed by atoms with Crippen LogP contribution in [0, 0.1) is 0 Å². The summed E-state index contributed by atoms with van der Waals surface area (Å²) in [5, 5.41) is 10.0. The Bertz CT molecular complexity index is 454. The molecule has 0 bridgehead atoms. The van der Waals surface area contributed by atoms with Crippen molar-refractivity contribution in [3.63, 3.8) is 0 Å². The van der Waals surface area contributed by atoms with Crippen molar-refractivity contribution in [3.05, 3.63) is 24.3 Å². The molecule has 7 nitrogen and oxygen atoms in total. The lowest BCUT2D eigenvalue weighted by Gasteiger charge is -2.10. The average molecular weight is 235 g/mol. The molecule has 1 aromatic carbocycles. The second-order valence-corrected chi connectivity index (χ2v) is 3.66. The number of para-hydroxylation sites is 1. The minimum atomic E-state index is -4.50. The van der Waals surface area contributed by atoms with Crippen molar-refractivity contribution in [1.82, 2.24) is 6.15 Å². The Labute approximate surface area is 85.6 Å². The Hall–Kier alpha value is -1.64. The molecule has 5 N–H and O–H groups in total. The number of rotatable bonds is 2. The summed E-state index contributed by atoms with van der Waals surface area (Å²) in [5.41, 5.74) is 0. The average Bonchev–Trinajstić information content (AvgIpc) is 2.01. The van der Waals surface area contributed by atoms with Gasteiger partial charge in [0, 0.05) is 0 Å². The van der Waals surface area contributed by atoms with Crippen molar-refractivity contribution in [2.75, 3.05) is 0 Å². The maximum Gasteiger partial charge on any atom is 0.296 e. The molecule has 0 saturated carbocycles. The SMILES string of the molecule is O=C([O-])Oc1ccccc1S(=O)(=O)O.[NH4+]. The minimum Gasteiger partial charge on any atom is -0.513 e. The highest BCUT2D eigenvalue weighted by molar-refractivity contribution is 7.86. The highest BCUT2D eigenvalue weighted by atomic mass is 32.2. The molecule has 1 rings (SSSR count). The summed E-state index contributed by atoms with van der Waals surface area (Å²) in [5.74, 6) is -0.491. The van der Waals surface area contributed by atoms with Gasteiger partial charge in [-0.05, 0) is 12.1 Å². The Morgan fingerprint density at radius 2 is 1.87 bits per heavy atom. The summed E-state index contributed by atoms with van der Waals surface area (Å²) < 4.78 is 34.1. The molecule has 0 aromatic heterocycles. The monoisotopic (exact) mass is 235 g/mol. The number of carbonyl (C=O) groups is 1. The number of hydrogen-bond acceptors (Lipinski definition) is 5. The van der Waals surface area contributed by atoms with E-state index in [0.29, 0.717) is 0 Å². The lowest BCUT2D eigenvalue weighted by molar-refractivity contribution is -0.271. The number of quaternary nitrogens is 1. The van der Waals surface area contributed by atoms with Crippen LogP contribution in [0.3, 0.4) is 0 Å². The van der Waals surface area contributed by atoms with Crippen LogP contribution < -0.4 is 16.0 Å². The van der Waals surface area contributed by atoms with Gasteiger partial charge >= 0.3 is 0 Å². The molecule has 84 valence electrons. The molecule has 0 aliphatic rings. The third-order valence-electron chi connectivity index (χ3n) is 1.32. The van der Waals surface area contributed by atoms with Gasteiger partial charge in [0.1, 0.15) is 4.90 Å². The number of hydrogen-bond donors (Lipinski definition) is 2. The third-order valence-corrected chi connectivity index (χ3v) is 2.21. The first kappa shape index (κ1) is 13.4. The summed E-state index contributed by atoms with van der Waals surface area (Å²) in [6.07, 6.45) is -1.90. The maximum absolute atomic E-state index is 10.7. The molecule has 0 aliphatic carbocycles. The van der Waals surface area contributed by atoms with E-state index >= 15 is 0 Å². The molecule has 0 aliphatic heterocycles. The Balaban J connectivity index is 0.00000196. The van der Waals surface area contributed by atoms with Crippen LogP contribution in [0.1, 0.15) is 0 Å². The van der Waals surface area contributed by atoms with Crippen molar-refractivity contribution < 1.29 is 27.6 Å². The van der Waals surface area contributed by atoms with Gasteiger partial charge in [0.15, 0.2) is 0 Å². The molecule has 0 unspecified atom stereocenters. The van der Waals surface area contributed by atoms with E-state index < -0.39 is 26.9 Å². The number of carbonyl (C=O) groups excluding carboxylic acids is 1. The first-order valence-electron chi connectivity index (χ1n) is 3.36. The smallest absolute Gasteiger partial charge is 0.296 e. The lowest BCUT2D eigenvalue weighted by atomic mass is 10.3. The van der Waals surface area contributed by atoms with Gasteiger partial charge in [-0.2, -0.15) is 8.42 Å². The molecule has 0 amide bonds. The van der Waals surface area contributed by atoms with Gasteiger partial charge in [0.2, 0.25) is 0 Å². The standard InChI is InChI=1S/C7H6O6S.H3N/c8-7(9)13-5-3-1-2-4-6(5)14(10,11)12;/h1-4H,(H,8,9)(H,10,11,12);1H3. The lowest BCUT2D eigenvalue weighted by Crippen LogP contribution is -2.27. The molecule has 1 aromatic rings. The summed E-state index contributed by atoms with van der Waals surface area (Å²) >= 11 is 0. The molecule has 15 heavy (non-hydrogen) atoms. The predicted octanol–water partition coefficient (Wildman–Crippen LogP) is 0.0316. The highest BCUT2D eigenvalue weighted by Crippen LogP contribution is 2.22. The van der Waals surface area contributed by atoms with Crippen LogP contribution in [0.15, 0.2) is 29.2 Å². The topological polar surface area (TPSA) is 140 Å². The second kappa shape index (κ2) is 4.73. The van der Waals surface area contributed by atoms with Crippen LogP contribution in [0.5, 0.6) is 5.75 Å². The van der Waals surface area contributed by atoms with Crippen molar-refractivity contribution in [2.45, 2.75) is 4.90 Å². The zero-order valence-corrected chi connectivity index (χ0v) is 8.52. The first-order chi connectivity index (χ1) is 6.41. The highest BCUT2D eigenvalue weighted by Gasteiger charge is 2.13. The van der Waals surface area contributed by atoms with Crippen molar-refractivity contribution in [1.29, 1.82) is 0 Å². The van der Waals surface area contributed by atoms with Gasteiger partial charge in [0.25, 0.3) is 16.3 Å². The van der Waals surface area contributed by atoms with E-state index in [1.807, 2.05) is 0 Å². The van der Waals surface area contributed by atoms with Crippen LogP contribution in [0.2, 0.25) is 0 Å². The van der Waals surface area contributed by atoms with E-state index in [1.54, 1.807) is 0 Å². The van der Waals surface area contributed by atoms with Crippen LogP contribution in [-0.2, 0) is 10.1 Å². The van der Waals surface area contributed by atoms with Gasteiger partial charge < -0.3 is 20.8 Å². The zero-order chi connectivity index (χ0) is 10.8. The van der Waals surface area contributed by atoms with Crippen LogP contribution in [0.25, 0.3) is 0 Å². The quantitative estimate of drug-likeness (QED) is 0.421. The van der Waals surface area contributed by atoms with Crippen molar-refractivity contribution in [3.8, 4) is 5.75 Å². The van der Waals surface area contributed by atoms with Gasteiger partial charge in [-0.25, -0.2) is 0 Å². The van der Waals surface area contributed by atoms with E-state index in [2.05, 4.69) is 4.74 Å². The van der Waals surface area contributed by atoms with Crippen LogP contribution in [0.4, 0.5) is 4.79 Å². The summed E-state index contributed by atoms with van der Waals surface area (Å²) in [4.78, 5) is 9.42. The first-order valence-corrected chi connectivity index (χ1v) is 4.80. The largest absolute Gasteiger partial charge is 0.513 e. The van der Waals surface area contributed by atoms with E-state index in [4.69, 9.17) is 4.55 Å². The minimum absolute atomic E-state index is 0. The molecule has 0 spiro atoms. The number of carboxylic acid groups (broad SMARTS) is 1. The maximum atomic E-state index is 10.7. The fraction of sp³-hybridized carbons (Fsp3) is 0. The Morgan fingerprint density at radius 3 is 2.33 bits per heavy atom. The van der Waals surface area contributed by atoms with Gasteiger partial charge in [-0.3, -0.25) is 4.55 Å². The summed E-state index contributed by atoms with van der Waals surface area (Å²) in [6, 6.07) is 4.75. The molecule has 8 heteroatoms. The molecular formula is C7H9NO6S. The van der Waals surface area contributed by atoms with Gasteiger partial charge in [-0.1, -0.05) is 12.1 Å². The van der Waals surface area contributed by atoms with Crippen LogP contribution >= 0.6 is 0 Å².